The Balaban J connectivity index is 2.91. The maximum Gasteiger partial charge on any atom is 0.0643 e. The van der Waals surface area contributed by atoms with Gasteiger partial charge in [0.05, 0.1) is 23.9 Å². The smallest absolute Gasteiger partial charge is 0.0643 e. The number of nitriles is 1. The molecule has 1 aromatic rings. The van der Waals surface area contributed by atoms with Crippen LogP contribution in [0.3, 0.4) is 0 Å². The molecule has 0 spiro atoms. The SMILES string of the molecule is CC(CC#N)N(C)c1ccc(Br)cc1N. The van der Waals surface area contributed by atoms with E-state index in [0.717, 1.165) is 15.8 Å². The third kappa shape index (κ3) is 2.87. The van der Waals surface area contributed by atoms with Crippen molar-refractivity contribution in [2.75, 3.05) is 17.7 Å². The molecule has 0 aliphatic carbocycles. The first kappa shape index (κ1) is 11.9. The van der Waals surface area contributed by atoms with Crippen molar-refractivity contribution in [1.82, 2.24) is 0 Å². The van der Waals surface area contributed by atoms with Crippen LogP contribution in [0.5, 0.6) is 0 Å². The van der Waals surface area contributed by atoms with E-state index in [1.807, 2.05) is 37.1 Å². The van der Waals surface area contributed by atoms with Gasteiger partial charge in [-0.3, -0.25) is 0 Å². The van der Waals surface area contributed by atoms with Gasteiger partial charge in [0.15, 0.2) is 0 Å². The van der Waals surface area contributed by atoms with Gasteiger partial charge in [-0.1, -0.05) is 15.9 Å². The van der Waals surface area contributed by atoms with E-state index in [1.54, 1.807) is 0 Å². The van der Waals surface area contributed by atoms with Gasteiger partial charge >= 0.3 is 0 Å². The molecule has 1 rings (SSSR count). The molecule has 0 aliphatic heterocycles. The number of nitrogens with two attached hydrogens (primary N) is 1. The third-order valence-corrected chi connectivity index (χ3v) is 2.91. The number of hydrogen-bond acceptors (Lipinski definition) is 3. The highest BCUT2D eigenvalue weighted by Gasteiger charge is 2.11. The lowest BCUT2D eigenvalue weighted by atomic mass is 10.2. The van der Waals surface area contributed by atoms with Crippen molar-refractivity contribution in [3.8, 4) is 6.07 Å². The van der Waals surface area contributed by atoms with Crippen LogP contribution in [0.1, 0.15) is 13.3 Å². The predicted octanol–water partition coefficient (Wildman–Crippen LogP) is 2.77. The van der Waals surface area contributed by atoms with Crippen LogP contribution in [0.2, 0.25) is 0 Å². The minimum atomic E-state index is 0.165. The van der Waals surface area contributed by atoms with Crippen LogP contribution in [-0.4, -0.2) is 13.1 Å². The summed E-state index contributed by atoms with van der Waals surface area (Å²) in [6.45, 7) is 2.00. The second-order valence-corrected chi connectivity index (χ2v) is 4.44. The van der Waals surface area contributed by atoms with Crippen molar-refractivity contribution in [1.29, 1.82) is 5.26 Å². The van der Waals surface area contributed by atoms with Gasteiger partial charge in [0.25, 0.3) is 0 Å². The highest BCUT2D eigenvalue weighted by molar-refractivity contribution is 9.10. The molecule has 0 radical (unpaired) electrons. The van der Waals surface area contributed by atoms with E-state index < -0.39 is 0 Å². The van der Waals surface area contributed by atoms with Gasteiger partial charge < -0.3 is 10.6 Å². The lowest BCUT2D eigenvalue weighted by Gasteiger charge is -2.26. The summed E-state index contributed by atoms with van der Waals surface area (Å²) in [6, 6.07) is 8.09. The first-order valence-corrected chi connectivity index (χ1v) is 5.50. The molecular weight excluding hydrogens is 254 g/mol. The van der Waals surface area contributed by atoms with Gasteiger partial charge in [-0.15, -0.1) is 0 Å². The van der Waals surface area contributed by atoms with E-state index >= 15 is 0 Å². The molecule has 0 saturated carbocycles. The Hall–Kier alpha value is -1.21. The zero-order valence-corrected chi connectivity index (χ0v) is 10.5. The third-order valence-electron chi connectivity index (χ3n) is 2.42. The van der Waals surface area contributed by atoms with Crippen molar-refractivity contribution >= 4 is 27.3 Å². The molecule has 1 aromatic carbocycles. The molecule has 3 nitrogen and oxygen atoms in total. The molecule has 2 N–H and O–H groups in total. The molecule has 1 atom stereocenters. The second-order valence-electron chi connectivity index (χ2n) is 3.53. The second kappa shape index (κ2) is 5.04. The molecule has 0 fully saturated rings. The van der Waals surface area contributed by atoms with Crippen LogP contribution in [0.4, 0.5) is 11.4 Å². The average Bonchev–Trinajstić information content (AvgIpc) is 2.17. The molecule has 1 unspecified atom stereocenters. The Morgan fingerprint density at radius 3 is 2.80 bits per heavy atom. The van der Waals surface area contributed by atoms with Gasteiger partial charge in [-0.05, 0) is 25.1 Å². The fraction of sp³-hybridized carbons (Fsp3) is 0.364. The summed E-state index contributed by atoms with van der Waals surface area (Å²) in [7, 11) is 1.95. The first-order valence-electron chi connectivity index (χ1n) is 4.71. The lowest BCUT2D eigenvalue weighted by Crippen LogP contribution is -2.28. The van der Waals surface area contributed by atoms with Crippen LogP contribution >= 0.6 is 15.9 Å². The number of halogens is 1. The summed E-state index contributed by atoms with van der Waals surface area (Å²) in [5.74, 6) is 0. The van der Waals surface area contributed by atoms with Gasteiger partial charge in [-0.25, -0.2) is 0 Å². The van der Waals surface area contributed by atoms with Crippen molar-refractivity contribution in [3.63, 3.8) is 0 Å². The van der Waals surface area contributed by atoms with E-state index in [4.69, 9.17) is 11.0 Å². The number of nitrogens with zero attached hydrogens (tertiary/aromatic N) is 2. The zero-order chi connectivity index (χ0) is 11.4. The zero-order valence-electron chi connectivity index (χ0n) is 8.87. The Morgan fingerprint density at radius 1 is 1.60 bits per heavy atom. The van der Waals surface area contributed by atoms with Crippen molar-refractivity contribution < 1.29 is 0 Å². The lowest BCUT2D eigenvalue weighted by molar-refractivity contribution is 0.703. The van der Waals surface area contributed by atoms with E-state index in [9.17, 15) is 0 Å². The number of rotatable bonds is 3. The first-order chi connectivity index (χ1) is 7.06. The van der Waals surface area contributed by atoms with Crippen LogP contribution in [0.15, 0.2) is 22.7 Å². The number of nitrogen functional groups attached to an aromatic ring is 1. The molecule has 0 heterocycles. The molecular formula is C11H14BrN3. The largest absolute Gasteiger partial charge is 0.397 e. The van der Waals surface area contributed by atoms with Gasteiger partial charge in [0.2, 0.25) is 0 Å². The molecule has 0 bridgehead atoms. The minimum Gasteiger partial charge on any atom is -0.397 e. The van der Waals surface area contributed by atoms with Crippen LogP contribution < -0.4 is 10.6 Å². The fourth-order valence-electron chi connectivity index (χ4n) is 1.35. The summed E-state index contributed by atoms with van der Waals surface area (Å²) < 4.78 is 0.963. The maximum absolute atomic E-state index is 8.63. The van der Waals surface area contributed by atoms with Gasteiger partial charge in [0, 0.05) is 17.6 Å². The fourth-order valence-corrected chi connectivity index (χ4v) is 1.73. The van der Waals surface area contributed by atoms with Crippen LogP contribution in [-0.2, 0) is 0 Å². The summed E-state index contributed by atoms with van der Waals surface area (Å²) in [4.78, 5) is 2.02. The number of benzene rings is 1. The quantitative estimate of drug-likeness (QED) is 0.857. The molecule has 15 heavy (non-hydrogen) atoms. The van der Waals surface area contributed by atoms with Crippen LogP contribution in [0, 0.1) is 11.3 Å². The van der Waals surface area contributed by atoms with Gasteiger partial charge in [0.1, 0.15) is 0 Å². The molecule has 0 amide bonds. The van der Waals surface area contributed by atoms with E-state index in [1.165, 1.54) is 0 Å². The molecule has 0 saturated heterocycles. The summed E-state index contributed by atoms with van der Waals surface area (Å²) in [6.07, 6.45) is 0.492. The molecule has 80 valence electrons. The standard InChI is InChI=1S/C11H14BrN3/c1-8(5-6-13)15(2)11-4-3-9(12)7-10(11)14/h3-4,7-8H,5,14H2,1-2H3. The molecule has 0 aliphatic rings. The number of anilines is 2. The van der Waals surface area contributed by atoms with Gasteiger partial charge in [-0.2, -0.15) is 5.26 Å². The average molecular weight is 268 g/mol. The van der Waals surface area contributed by atoms with Crippen LogP contribution in [0.25, 0.3) is 0 Å². The summed E-state index contributed by atoms with van der Waals surface area (Å²) >= 11 is 3.36. The highest BCUT2D eigenvalue weighted by Crippen LogP contribution is 2.27. The monoisotopic (exact) mass is 267 g/mol. The Morgan fingerprint density at radius 2 is 2.27 bits per heavy atom. The highest BCUT2D eigenvalue weighted by atomic mass is 79.9. The Kier molecular flexibility index (Phi) is 3.98. The van der Waals surface area contributed by atoms with E-state index in [-0.39, 0.29) is 6.04 Å². The normalized spacial score (nSPS) is 11.9. The Labute approximate surface area is 98.6 Å². The van der Waals surface area contributed by atoms with E-state index in [2.05, 4.69) is 22.0 Å². The molecule has 0 aromatic heterocycles. The maximum atomic E-state index is 8.63. The minimum absolute atomic E-state index is 0.165. The predicted molar refractivity (Wildman–Crippen MR) is 66.6 cm³/mol. The summed E-state index contributed by atoms with van der Waals surface area (Å²) in [5, 5.41) is 8.63. The van der Waals surface area contributed by atoms with E-state index in [0.29, 0.717) is 6.42 Å². The topological polar surface area (TPSA) is 53.0 Å². The summed E-state index contributed by atoms with van der Waals surface area (Å²) in [5.41, 5.74) is 7.58. The van der Waals surface area contributed by atoms with Crippen molar-refractivity contribution in [2.24, 2.45) is 0 Å². The van der Waals surface area contributed by atoms with Crippen molar-refractivity contribution in [2.45, 2.75) is 19.4 Å². The molecule has 4 heteroatoms. The number of hydrogen-bond donors (Lipinski definition) is 1. The van der Waals surface area contributed by atoms with Crippen molar-refractivity contribution in [3.05, 3.63) is 22.7 Å². The Bertz CT molecular complexity index is 384.